The number of carbonyl (C=O) groups excluding carboxylic acids is 1. The number of hydrazone groups is 1. The third-order valence-corrected chi connectivity index (χ3v) is 5.32. The maximum absolute atomic E-state index is 12.9. The van der Waals surface area contributed by atoms with E-state index in [4.69, 9.17) is 4.42 Å². The monoisotopic (exact) mass is 418 g/mol. The molecule has 0 saturated carbocycles. The second-order valence-corrected chi connectivity index (χ2v) is 7.45. The van der Waals surface area contributed by atoms with Crippen molar-refractivity contribution in [3.05, 3.63) is 86.9 Å². The summed E-state index contributed by atoms with van der Waals surface area (Å²) in [6.07, 6.45) is 2.34. The predicted octanol–water partition coefficient (Wildman–Crippen LogP) is 5.21. The maximum Gasteiger partial charge on any atom is 0.291 e. The van der Waals surface area contributed by atoms with Crippen LogP contribution in [0, 0.1) is 24.0 Å². The number of carbonyl (C=O) groups is 1. The number of nitrogens with zero attached hydrogens (tertiary/aromatic N) is 2. The van der Waals surface area contributed by atoms with E-state index in [1.54, 1.807) is 12.1 Å². The fourth-order valence-electron chi connectivity index (χ4n) is 3.68. The minimum Gasteiger partial charge on any atom is -0.455 e. The van der Waals surface area contributed by atoms with Gasteiger partial charge in [0, 0.05) is 35.4 Å². The highest BCUT2D eigenvalue weighted by molar-refractivity contribution is 6.09. The van der Waals surface area contributed by atoms with E-state index in [2.05, 4.69) is 15.8 Å². The first-order chi connectivity index (χ1) is 14.9. The van der Waals surface area contributed by atoms with Crippen molar-refractivity contribution in [1.82, 2.24) is 0 Å². The van der Waals surface area contributed by atoms with Gasteiger partial charge >= 0.3 is 0 Å². The number of hydrogen-bond acceptors (Lipinski definition) is 6. The lowest BCUT2D eigenvalue weighted by Gasteiger charge is -2.13. The van der Waals surface area contributed by atoms with Gasteiger partial charge in [-0.25, -0.2) is 0 Å². The first kappa shape index (κ1) is 20.3. The SMILES string of the molecule is Cc1ccccc1NC(=O)c1oc2c(c1C)/C(=N/Nc1ccc([N+](=O)[O-])cc1)CCC2. The van der Waals surface area contributed by atoms with Gasteiger partial charge in [0.05, 0.1) is 16.3 Å². The molecule has 1 heterocycles. The Bertz CT molecular complexity index is 1180. The van der Waals surface area contributed by atoms with Gasteiger partial charge < -0.3 is 9.73 Å². The molecule has 0 unspecified atom stereocenters. The molecule has 1 aliphatic carbocycles. The van der Waals surface area contributed by atoms with Crippen LogP contribution < -0.4 is 10.7 Å². The molecule has 0 radical (unpaired) electrons. The minimum atomic E-state index is -0.443. The molecular weight excluding hydrogens is 396 g/mol. The van der Waals surface area contributed by atoms with Gasteiger partial charge in [0.1, 0.15) is 5.76 Å². The summed E-state index contributed by atoms with van der Waals surface area (Å²) in [4.78, 5) is 23.2. The molecule has 1 aromatic heterocycles. The molecule has 0 fully saturated rings. The number of non-ortho nitro benzene ring substituents is 1. The van der Waals surface area contributed by atoms with Crippen LogP contribution in [0.4, 0.5) is 17.1 Å². The summed E-state index contributed by atoms with van der Waals surface area (Å²) in [6.45, 7) is 3.80. The smallest absolute Gasteiger partial charge is 0.291 e. The summed E-state index contributed by atoms with van der Waals surface area (Å²) >= 11 is 0. The number of anilines is 2. The lowest BCUT2D eigenvalue weighted by atomic mass is 9.93. The van der Waals surface area contributed by atoms with Crippen molar-refractivity contribution in [2.75, 3.05) is 10.7 Å². The summed E-state index contributed by atoms with van der Waals surface area (Å²) in [6, 6.07) is 13.6. The van der Waals surface area contributed by atoms with Gasteiger partial charge in [0.25, 0.3) is 11.6 Å². The van der Waals surface area contributed by atoms with E-state index in [1.165, 1.54) is 12.1 Å². The van der Waals surface area contributed by atoms with Gasteiger partial charge in [0.15, 0.2) is 5.76 Å². The zero-order chi connectivity index (χ0) is 22.0. The number of hydrogen-bond donors (Lipinski definition) is 2. The number of fused-ring (bicyclic) bond motifs is 1. The molecule has 4 rings (SSSR count). The predicted molar refractivity (Wildman–Crippen MR) is 119 cm³/mol. The van der Waals surface area contributed by atoms with Gasteiger partial charge in [-0.05, 0) is 50.5 Å². The summed E-state index contributed by atoms with van der Waals surface area (Å²) in [5.74, 6) is 0.755. The lowest BCUT2D eigenvalue weighted by Crippen LogP contribution is -2.15. The molecule has 0 atom stereocenters. The van der Waals surface area contributed by atoms with Crippen LogP contribution in [-0.4, -0.2) is 16.5 Å². The molecule has 0 aliphatic heterocycles. The maximum atomic E-state index is 12.9. The Balaban J connectivity index is 1.58. The Morgan fingerprint density at radius 3 is 2.55 bits per heavy atom. The molecule has 8 heteroatoms. The number of nitrogens with one attached hydrogen (secondary N) is 2. The molecule has 0 saturated heterocycles. The average molecular weight is 418 g/mol. The average Bonchev–Trinajstić information content (AvgIpc) is 3.11. The van der Waals surface area contributed by atoms with Crippen LogP contribution in [0.25, 0.3) is 0 Å². The molecule has 2 aromatic carbocycles. The summed E-state index contributed by atoms with van der Waals surface area (Å²) in [5, 5.41) is 18.2. The normalized spacial score (nSPS) is 14.2. The number of nitro benzene ring substituents is 1. The third-order valence-electron chi connectivity index (χ3n) is 5.32. The van der Waals surface area contributed by atoms with Crippen molar-refractivity contribution in [3.63, 3.8) is 0 Å². The minimum absolute atomic E-state index is 0.0214. The summed E-state index contributed by atoms with van der Waals surface area (Å²) < 4.78 is 5.94. The standard InChI is InChI=1S/C23H22N4O4/c1-14-6-3-4-7-18(14)24-23(28)22-15(2)21-19(8-5-9-20(21)31-22)26-25-16-10-12-17(13-11-16)27(29)30/h3-4,6-7,10-13,25H,5,8-9H2,1-2H3,(H,24,28)/b26-19+. The van der Waals surface area contributed by atoms with E-state index in [1.807, 2.05) is 38.1 Å². The van der Waals surface area contributed by atoms with Crippen LogP contribution in [0.1, 0.15) is 45.8 Å². The number of rotatable bonds is 5. The molecule has 0 spiro atoms. The van der Waals surface area contributed by atoms with E-state index >= 15 is 0 Å². The van der Waals surface area contributed by atoms with Crippen LogP contribution in [0.15, 0.2) is 58.0 Å². The van der Waals surface area contributed by atoms with Crippen LogP contribution in [-0.2, 0) is 6.42 Å². The Morgan fingerprint density at radius 2 is 1.84 bits per heavy atom. The Hall–Kier alpha value is -3.94. The van der Waals surface area contributed by atoms with Crippen molar-refractivity contribution >= 4 is 28.7 Å². The molecule has 1 aliphatic rings. The molecule has 2 N–H and O–H groups in total. The highest BCUT2D eigenvalue weighted by atomic mass is 16.6. The van der Waals surface area contributed by atoms with E-state index < -0.39 is 4.92 Å². The largest absolute Gasteiger partial charge is 0.455 e. The van der Waals surface area contributed by atoms with Crippen molar-refractivity contribution in [3.8, 4) is 0 Å². The highest BCUT2D eigenvalue weighted by Gasteiger charge is 2.28. The molecule has 31 heavy (non-hydrogen) atoms. The molecule has 8 nitrogen and oxygen atoms in total. The van der Waals surface area contributed by atoms with Crippen molar-refractivity contribution in [1.29, 1.82) is 0 Å². The lowest BCUT2D eigenvalue weighted by molar-refractivity contribution is -0.384. The van der Waals surface area contributed by atoms with Gasteiger partial charge in [-0.2, -0.15) is 5.10 Å². The first-order valence-electron chi connectivity index (χ1n) is 10.0. The Labute approximate surface area is 179 Å². The molecule has 0 bridgehead atoms. The number of amides is 1. The van der Waals surface area contributed by atoms with Gasteiger partial charge in [-0.1, -0.05) is 18.2 Å². The second kappa shape index (κ2) is 8.43. The van der Waals surface area contributed by atoms with E-state index in [-0.39, 0.29) is 17.4 Å². The van der Waals surface area contributed by atoms with Gasteiger partial charge in [-0.3, -0.25) is 20.3 Å². The number of nitro groups is 1. The van der Waals surface area contributed by atoms with E-state index in [0.717, 1.165) is 53.1 Å². The van der Waals surface area contributed by atoms with Crippen LogP contribution in [0.3, 0.4) is 0 Å². The molecule has 1 amide bonds. The molecule has 3 aromatic rings. The second-order valence-electron chi connectivity index (χ2n) is 7.45. The van der Waals surface area contributed by atoms with Crippen molar-refractivity contribution in [2.24, 2.45) is 5.10 Å². The fourth-order valence-corrected chi connectivity index (χ4v) is 3.68. The fraction of sp³-hybridized carbons (Fsp3) is 0.217. The van der Waals surface area contributed by atoms with Crippen LogP contribution in [0.5, 0.6) is 0 Å². The third kappa shape index (κ3) is 4.18. The zero-order valence-electron chi connectivity index (χ0n) is 17.3. The number of furan rings is 1. The Morgan fingerprint density at radius 1 is 1.10 bits per heavy atom. The highest BCUT2D eigenvalue weighted by Crippen LogP contribution is 2.31. The topological polar surface area (TPSA) is 110 Å². The van der Waals surface area contributed by atoms with E-state index in [0.29, 0.717) is 5.69 Å². The van der Waals surface area contributed by atoms with Gasteiger partial charge in [0.2, 0.25) is 0 Å². The number of aryl methyl sites for hydroxylation is 2. The number of para-hydroxylation sites is 1. The Kier molecular flexibility index (Phi) is 5.53. The van der Waals surface area contributed by atoms with Gasteiger partial charge in [-0.15, -0.1) is 0 Å². The first-order valence-corrected chi connectivity index (χ1v) is 10.0. The van der Waals surface area contributed by atoms with Crippen LogP contribution >= 0.6 is 0 Å². The summed E-state index contributed by atoms with van der Waals surface area (Å²) in [7, 11) is 0. The summed E-state index contributed by atoms with van der Waals surface area (Å²) in [5.41, 5.74) is 7.75. The molecule has 158 valence electrons. The number of benzene rings is 2. The van der Waals surface area contributed by atoms with Crippen LogP contribution in [0.2, 0.25) is 0 Å². The quantitative estimate of drug-likeness (QED) is 0.437. The molecular formula is C23H22N4O4. The zero-order valence-corrected chi connectivity index (χ0v) is 17.3. The van der Waals surface area contributed by atoms with E-state index in [9.17, 15) is 14.9 Å². The van der Waals surface area contributed by atoms with Crippen molar-refractivity contribution in [2.45, 2.75) is 33.1 Å². The van der Waals surface area contributed by atoms with Crippen molar-refractivity contribution < 1.29 is 14.1 Å².